The van der Waals surface area contributed by atoms with E-state index in [9.17, 15) is 9.59 Å². The molecule has 1 aromatic heterocycles. The van der Waals surface area contributed by atoms with E-state index >= 15 is 0 Å². The number of nitrogens with one attached hydrogen (secondary N) is 2. The van der Waals surface area contributed by atoms with Crippen LogP contribution in [-0.4, -0.2) is 22.7 Å². The monoisotopic (exact) mass is 300 g/mol. The van der Waals surface area contributed by atoms with Crippen LogP contribution >= 0.6 is 0 Å². The number of carbonyl (C=O) groups excluding carboxylic acids is 2. The van der Waals surface area contributed by atoms with Crippen molar-refractivity contribution in [3.8, 4) is 0 Å². The first-order valence-electron chi connectivity index (χ1n) is 7.87. The SMILES string of the molecule is CC[C@H](C)C(NC(=O)CCc1c[nH]c2ccccc12)C(C)=O. The van der Waals surface area contributed by atoms with Crippen molar-refractivity contribution >= 4 is 22.6 Å². The largest absolute Gasteiger partial charge is 0.361 e. The number of Topliss-reactive ketones (excluding diaryl/α,β-unsaturated/α-hetero) is 1. The van der Waals surface area contributed by atoms with E-state index in [-0.39, 0.29) is 23.7 Å². The number of aryl methyl sites for hydroxylation is 1. The van der Waals surface area contributed by atoms with Crippen molar-refractivity contribution in [2.45, 2.75) is 46.1 Å². The van der Waals surface area contributed by atoms with Gasteiger partial charge in [0.2, 0.25) is 5.91 Å². The van der Waals surface area contributed by atoms with E-state index in [4.69, 9.17) is 0 Å². The molecule has 4 nitrogen and oxygen atoms in total. The van der Waals surface area contributed by atoms with Gasteiger partial charge in [-0.25, -0.2) is 0 Å². The highest BCUT2D eigenvalue weighted by molar-refractivity contribution is 5.88. The summed E-state index contributed by atoms with van der Waals surface area (Å²) in [5.41, 5.74) is 2.22. The lowest BCUT2D eigenvalue weighted by Gasteiger charge is -2.21. The van der Waals surface area contributed by atoms with Gasteiger partial charge in [-0.05, 0) is 30.9 Å². The third kappa shape index (κ3) is 3.75. The van der Waals surface area contributed by atoms with Gasteiger partial charge in [0.05, 0.1) is 6.04 Å². The Balaban J connectivity index is 1.96. The van der Waals surface area contributed by atoms with Gasteiger partial charge in [-0.3, -0.25) is 9.59 Å². The molecule has 0 bridgehead atoms. The second-order valence-electron chi connectivity index (χ2n) is 5.90. The zero-order chi connectivity index (χ0) is 16.1. The van der Waals surface area contributed by atoms with Crippen molar-refractivity contribution < 1.29 is 9.59 Å². The molecule has 1 unspecified atom stereocenters. The maximum Gasteiger partial charge on any atom is 0.220 e. The molecule has 0 fully saturated rings. The lowest BCUT2D eigenvalue weighted by molar-refractivity contribution is -0.127. The van der Waals surface area contributed by atoms with Gasteiger partial charge in [-0.15, -0.1) is 0 Å². The first kappa shape index (κ1) is 16.3. The van der Waals surface area contributed by atoms with Gasteiger partial charge in [0.15, 0.2) is 5.78 Å². The Kier molecular flexibility index (Phi) is 5.36. The molecule has 2 aromatic rings. The summed E-state index contributed by atoms with van der Waals surface area (Å²) in [6.07, 6.45) is 3.88. The summed E-state index contributed by atoms with van der Waals surface area (Å²) in [5.74, 6) is 0.120. The number of para-hydroxylation sites is 1. The van der Waals surface area contributed by atoms with Crippen molar-refractivity contribution in [1.82, 2.24) is 10.3 Å². The highest BCUT2D eigenvalue weighted by Crippen LogP contribution is 2.19. The Morgan fingerprint density at radius 1 is 1.27 bits per heavy atom. The topological polar surface area (TPSA) is 62.0 Å². The summed E-state index contributed by atoms with van der Waals surface area (Å²) in [6, 6.07) is 7.68. The van der Waals surface area contributed by atoms with E-state index in [0.29, 0.717) is 12.8 Å². The van der Waals surface area contributed by atoms with Gasteiger partial charge < -0.3 is 10.3 Å². The van der Waals surface area contributed by atoms with Crippen molar-refractivity contribution in [2.24, 2.45) is 5.92 Å². The predicted octanol–water partition coefficient (Wildman–Crippen LogP) is 3.22. The van der Waals surface area contributed by atoms with E-state index in [1.54, 1.807) is 0 Å². The Morgan fingerprint density at radius 2 is 2.00 bits per heavy atom. The standard InChI is InChI=1S/C18H24N2O2/c1-4-12(2)18(13(3)21)20-17(22)10-9-14-11-19-16-8-6-5-7-15(14)16/h5-8,11-12,18-19H,4,9-10H2,1-3H3,(H,20,22)/t12-,18?/m0/s1. The third-order valence-corrected chi connectivity index (χ3v) is 4.26. The van der Waals surface area contributed by atoms with Gasteiger partial charge in [-0.1, -0.05) is 38.5 Å². The molecule has 2 rings (SSSR count). The Hall–Kier alpha value is -2.10. The molecule has 1 amide bonds. The molecule has 0 saturated heterocycles. The molecular weight excluding hydrogens is 276 g/mol. The molecule has 0 radical (unpaired) electrons. The molecule has 0 spiro atoms. The fourth-order valence-electron chi connectivity index (χ4n) is 2.71. The predicted molar refractivity (Wildman–Crippen MR) is 88.7 cm³/mol. The maximum atomic E-state index is 12.1. The van der Waals surface area contributed by atoms with Crippen LogP contribution in [-0.2, 0) is 16.0 Å². The van der Waals surface area contributed by atoms with E-state index in [1.807, 2.05) is 38.2 Å². The van der Waals surface area contributed by atoms with Crippen molar-refractivity contribution in [1.29, 1.82) is 0 Å². The van der Waals surface area contributed by atoms with Crippen LogP contribution in [0.1, 0.15) is 39.2 Å². The molecule has 2 N–H and O–H groups in total. The fourth-order valence-corrected chi connectivity index (χ4v) is 2.71. The summed E-state index contributed by atoms with van der Waals surface area (Å²) in [4.78, 5) is 27.0. The Bertz CT molecular complexity index is 660. The molecule has 4 heteroatoms. The zero-order valence-corrected chi connectivity index (χ0v) is 13.5. The minimum absolute atomic E-state index is 0.0230. The normalized spacial score (nSPS) is 13.8. The zero-order valence-electron chi connectivity index (χ0n) is 13.5. The Labute approximate surface area is 131 Å². The number of aromatic nitrogens is 1. The summed E-state index contributed by atoms with van der Waals surface area (Å²) in [6.45, 7) is 5.56. The van der Waals surface area contributed by atoms with Crippen molar-refractivity contribution in [2.75, 3.05) is 0 Å². The quantitative estimate of drug-likeness (QED) is 0.824. The van der Waals surface area contributed by atoms with E-state index < -0.39 is 0 Å². The molecular formula is C18H24N2O2. The molecule has 2 atom stereocenters. The highest BCUT2D eigenvalue weighted by atomic mass is 16.2. The lowest BCUT2D eigenvalue weighted by atomic mass is 9.96. The van der Waals surface area contributed by atoms with Gasteiger partial charge in [0, 0.05) is 23.5 Å². The Morgan fingerprint density at radius 3 is 2.68 bits per heavy atom. The number of hydrogen-bond acceptors (Lipinski definition) is 2. The van der Waals surface area contributed by atoms with Crippen LogP contribution in [0.25, 0.3) is 10.9 Å². The summed E-state index contributed by atoms with van der Waals surface area (Å²) >= 11 is 0. The number of benzene rings is 1. The van der Waals surface area contributed by atoms with Crippen molar-refractivity contribution in [3.63, 3.8) is 0 Å². The molecule has 0 aliphatic carbocycles. The maximum absolute atomic E-state index is 12.1. The molecule has 0 saturated carbocycles. The number of rotatable bonds is 7. The van der Waals surface area contributed by atoms with E-state index in [2.05, 4.69) is 16.4 Å². The number of fused-ring (bicyclic) bond motifs is 1. The molecule has 1 heterocycles. The number of carbonyl (C=O) groups is 2. The first-order chi connectivity index (χ1) is 10.5. The summed E-state index contributed by atoms with van der Waals surface area (Å²) in [7, 11) is 0. The molecule has 22 heavy (non-hydrogen) atoms. The summed E-state index contributed by atoms with van der Waals surface area (Å²) < 4.78 is 0. The number of aromatic amines is 1. The number of H-pyrrole nitrogens is 1. The second-order valence-corrected chi connectivity index (χ2v) is 5.90. The van der Waals surface area contributed by atoms with Crippen LogP contribution in [0.3, 0.4) is 0 Å². The summed E-state index contributed by atoms with van der Waals surface area (Å²) in [5, 5.41) is 4.03. The van der Waals surface area contributed by atoms with Crippen LogP contribution in [0.4, 0.5) is 0 Å². The number of hydrogen-bond donors (Lipinski definition) is 2. The van der Waals surface area contributed by atoms with Gasteiger partial charge in [0.1, 0.15) is 0 Å². The van der Waals surface area contributed by atoms with Crippen LogP contribution in [0.15, 0.2) is 30.5 Å². The second kappa shape index (κ2) is 7.25. The van der Waals surface area contributed by atoms with Crippen LogP contribution in [0.5, 0.6) is 0 Å². The molecule has 0 aliphatic heterocycles. The first-order valence-corrected chi connectivity index (χ1v) is 7.87. The van der Waals surface area contributed by atoms with E-state index in [1.165, 1.54) is 6.92 Å². The third-order valence-electron chi connectivity index (χ3n) is 4.26. The number of ketones is 1. The fraction of sp³-hybridized carbons (Fsp3) is 0.444. The van der Waals surface area contributed by atoms with E-state index in [0.717, 1.165) is 22.9 Å². The molecule has 1 aromatic carbocycles. The van der Waals surface area contributed by atoms with Gasteiger partial charge >= 0.3 is 0 Å². The average molecular weight is 300 g/mol. The molecule has 118 valence electrons. The number of amides is 1. The van der Waals surface area contributed by atoms with Gasteiger partial charge in [-0.2, -0.15) is 0 Å². The van der Waals surface area contributed by atoms with Crippen LogP contribution in [0, 0.1) is 5.92 Å². The smallest absolute Gasteiger partial charge is 0.220 e. The lowest BCUT2D eigenvalue weighted by Crippen LogP contribution is -2.44. The highest BCUT2D eigenvalue weighted by Gasteiger charge is 2.22. The van der Waals surface area contributed by atoms with Crippen molar-refractivity contribution in [3.05, 3.63) is 36.0 Å². The van der Waals surface area contributed by atoms with Crippen LogP contribution in [0.2, 0.25) is 0 Å². The molecule has 0 aliphatic rings. The minimum atomic E-state index is -0.375. The van der Waals surface area contributed by atoms with Crippen LogP contribution < -0.4 is 5.32 Å². The minimum Gasteiger partial charge on any atom is -0.361 e. The van der Waals surface area contributed by atoms with Gasteiger partial charge in [0.25, 0.3) is 0 Å². The average Bonchev–Trinajstić information content (AvgIpc) is 2.93.